The van der Waals surface area contributed by atoms with Crippen LogP contribution in [0.15, 0.2) is 40.2 Å². The average Bonchev–Trinajstić information content (AvgIpc) is 2.85. The molecule has 0 saturated carbocycles. The summed E-state index contributed by atoms with van der Waals surface area (Å²) in [5.74, 6) is 0.704. The molecule has 0 unspecified atom stereocenters. The fourth-order valence-electron chi connectivity index (χ4n) is 1.63. The molecule has 106 valence electrons. The molecule has 1 aromatic heterocycles. The first-order valence-corrected chi connectivity index (χ1v) is 7.72. The highest BCUT2D eigenvalue weighted by Gasteiger charge is 2.03. The predicted octanol–water partition coefficient (Wildman–Crippen LogP) is 3.25. The molecule has 0 atom stereocenters. The maximum Gasteiger partial charge on any atom is 0.238 e. The Bertz CT molecular complexity index is 569. The minimum atomic E-state index is -0.0641. The monoisotopic (exact) mass is 354 g/mol. The number of halogens is 1. The molecule has 0 radical (unpaired) electrons. The molecule has 1 aromatic carbocycles. The minimum absolute atomic E-state index is 0.0641. The molecule has 4 nitrogen and oxygen atoms in total. The zero-order chi connectivity index (χ0) is 14.4. The lowest BCUT2D eigenvalue weighted by Crippen LogP contribution is -2.27. The number of rotatable bonds is 6. The molecule has 0 aliphatic rings. The molecule has 6 heteroatoms. The number of anilines is 1. The highest BCUT2D eigenvalue weighted by Crippen LogP contribution is 2.19. The molecule has 1 heterocycles. The maximum atomic E-state index is 11.8. The van der Waals surface area contributed by atoms with Crippen molar-refractivity contribution in [1.82, 2.24) is 5.32 Å². The predicted molar refractivity (Wildman–Crippen MR) is 85.3 cm³/mol. The van der Waals surface area contributed by atoms with Crippen LogP contribution in [0.2, 0.25) is 0 Å². The van der Waals surface area contributed by atoms with Crippen molar-refractivity contribution in [1.29, 1.82) is 0 Å². The number of methoxy groups -OCH3 is 1. The lowest BCUT2D eigenvalue weighted by molar-refractivity contribution is -0.115. The molecule has 0 saturated heterocycles. The van der Waals surface area contributed by atoms with Gasteiger partial charge in [-0.3, -0.25) is 4.79 Å². The third-order valence-electron chi connectivity index (χ3n) is 2.58. The smallest absolute Gasteiger partial charge is 0.238 e. The van der Waals surface area contributed by atoms with Gasteiger partial charge in [-0.25, -0.2) is 0 Å². The lowest BCUT2D eigenvalue weighted by Gasteiger charge is -2.07. The Morgan fingerprint density at radius 2 is 2.10 bits per heavy atom. The van der Waals surface area contributed by atoms with E-state index in [1.54, 1.807) is 18.4 Å². The third-order valence-corrected chi connectivity index (χ3v) is 4.28. The summed E-state index contributed by atoms with van der Waals surface area (Å²) in [6.07, 6.45) is 0. The van der Waals surface area contributed by atoms with E-state index in [2.05, 4.69) is 26.6 Å². The van der Waals surface area contributed by atoms with Gasteiger partial charge in [0, 0.05) is 27.0 Å². The van der Waals surface area contributed by atoms with Gasteiger partial charge in [0.1, 0.15) is 5.75 Å². The van der Waals surface area contributed by atoms with Crippen molar-refractivity contribution < 1.29 is 9.53 Å². The van der Waals surface area contributed by atoms with Crippen LogP contribution in [0.25, 0.3) is 0 Å². The number of amides is 1. The number of benzene rings is 1. The van der Waals surface area contributed by atoms with E-state index in [0.29, 0.717) is 6.54 Å². The van der Waals surface area contributed by atoms with E-state index in [0.717, 1.165) is 15.9 Å². The second-order valence-corrected chi connectivity index (χ2v) is 6.02. The van der Waals surface area contributed by atoms with E-state index in [4.69, 9.17) is 4.74 Å². The van der Waals surface area contributed by atoms with Crippen molar-refractivity contribution in [2.45, 2.75) is 6.54 Å². The number of ether oxygens (including phenoxy) is 1. The third kappa shape index (κ3) is 4.63. The number of carbonyl (C=O) groups is 1. The van der Waals surface area contributed by atoms with Crippen molar-refractivity contribution in [3.8, 4) is 5.75 Å². The van der Waals surface area contributed by atoms with E-state index in [1.807, 2.05) is 35.7 Å². The summed E-state index contributed by atoms with van der Waals surface area (Å²) < 4.78 is 6.13. The normalized spacial score (nSPS) is 10.3. The zero-order valence-electron chi connectivity index (χ0n) is 11.0. The summed E-state index contributed by atoms with van der Waals surface area (Å²) in [6.45, 7) is 0.966. The van der Waals surface area contributed by atoms with Gasteiger partial charge in [-0.2, -0.15) is 0 Å². The molecule has 0 fully saturated rings. The van der Waals surface area contributed by atoms with Crippen LogP contribution >= 0.6 is 27.3 Å². The Morgan fingerprint density at radius 1 is 1.35 bits per heavy atom. The zero-order valence-corrected chi connectivity index (χ0v) is 13.4. The fourth-order valence-corrected chi connectivity index (χ4v) is 3.05. The van der Waals surface area contributed by atoms with E-state index < -0.39 is 0 Å². The summed E-state index contributed by atoms with van der Waals surface area (Å²) in [6, 6.07) is 9.29. The van der Waals surface area contributed by atoms with Crippen LogP contribution in [-0.4, -0.2) is 19.6 Å². The van der Waals surface area contributed by atoms with E-state index in [9.17, 15) is 4.79 Å². The quantitative estimate of drug-likeness (QED) is 0.836. The Hall–Kier alpha value is -1.37. The van der Waals surface area contributed by atoms with Gasteiger partial charge in [0.25, 0.3) is 0 Å². The Kier molecular flexibility index (Phi) is 5.58. The van der Waals surface area contributed by atoms with E-state index in [-0.39, 0.29) is 12.5 Å². The van der Waals surface area contributed by atoms with Gasteiger partial charge in [0.2, 0.25) is 5.91 Å². The molecule has 0 aliphatic carbocycles. The van der Waals surface area contributed by atoms with Crippen LogP contribution in [0.4, 0.5) is 5.69 Å². The molecule has 2 N–H and O–H groups in total. The topological polar surface area (TPSA) is 50.4 Å². The van der Waals surface area contributed by atoms with Crippen LogP contribution in [0.1, 0.15) is 4.88 Å². The molecule has 0 spiro atoms. The SMILES string of the molecule is COc1ccc(NC(=O)CNCc2cc(Br)cs2)cc1. The van der Waals surface area contributed by atoms with Crippen LogP contribution in [0.5, 0.6) is 5.75 Å². The standard InChI is InChI=1S/C14H15BrN2O2S/c1-19-12-4-2-11(3-5-12)17-14(18)8-16-7-13-6-10(15)9-20-13/h2-6,9,16H,7-8H2,1H3,(H,17,18). The molecule has 2 rings (SSSR count). The Morgan fingerprint density at radius 3 is 2.70 bits per heavy atom. The molecular formula is C14H15BrN2O2S. The summed E-state index contributed by atoms with van der Waals surface area (Å²) in [7, 11) is 1.61. The number of hydrogen-bond acceptors (Lipinski definition) is 4. The van der Waals surface area contributed by atoms with Crippen molar-refractivity contribution in [2.24, 2.45) is 0 Å². The van der Waals surface area contributed by atoms with Gasteiger partial charge in [-0.05, 0) is 46.3 Å². The summed E-state index contributed by atoms with van der Waals surface area (Å²) >= 11 is 5.06. The molecule has 1 amide bonds. The first-order valence-electron chi connectivity index (χ1n) is 6.05. The summed E-state index contributed by atoms with van der Waals surface area (Å²) in [4.78, 5) is 12.9. The van der Waals surface area contributed by atoms with Gasteiger partial charge in [-0.15, -0.1) is 11.3 Å². The van der Waals surface area contributed by atoms with Crippen molar-refractivity contribution in [2.75, 3.05) is 19.0 Å². The van der Waals surface area contributed by atoms with Gasteiger partial charge in [0.15, 0.2) is 0 Å². The molecule has 20 heavy (non-hydrogen) atoms. The molecule has 0 bridgehead atoms. The van der Waals surface area contributed by atoms with Crippen molar-refractivity contribution in [3.63, 3.8) is 0 Å². The Labute approximate surface area is 130 Å². The summed E-state index contributed by atoms with van der Waals surface area (Å²) in [5.41, 5.74) is 0.761. The van der Waals surface area contributed by atoms with Crippen LogP contribution < -0.4 is 15.4 Å². The highest BCUT2D eigenvalue weighted by atomic mass is 79.9. The lowest BCUT2D eigenvalue weighted by atomic mass is 10.3. The van der Waals surface area contributed by atoms with Crippen LogP contribution in [0, 0.1) is 0 Å². The number of nitrogens with one attached hydrogen (secondary N) is 2. The van der Waals surface area contributed by atoms with Crippen LogP contribution in [0.3, 0.4) is 0 Å². The van der Waals surface area contributed by atoms with Gasteiger partial charge < -0.3 is 15.4 Å². The first-order chi connectivity index (χ1) is 9.67. The largest absolute Gasteiger partial charge is 0.497 e. The van der Waals surface area contributed by atoms with Crippen LogP contribution in [-0.2, 0) is 11.3 Å². The summed E-state index contributed by atoms with van der Waals surface area (Å²) in [5, 5.41) is 7.95. The highest BCUT2D eigenvalue weighted by molar-refractivity contribution is 9.10. The maximum absolute atomic E-state index is 11.8. The van der Waals surface area contributed by atoms with E-state index >= 15 is 0 Å². The molecule has 2 aromatic rings. The van der Waals surface area contributed by atoms with Gasteiger partial charge in [-0.1, -0.05) is 0 Å². The van der Waals surface area contributed by atoms with Gasteiger partial charge >= 0.3 is 0 Å². The fraction of sp³-hybridized carbons (Fsp3) is 0.214. The minimum Gasteiger partial charge on any atom is -0.497 e. The van der Waals surface area contributed by atoms with E-state index in [1.165, 1.54) is 4.88 Å². The second kappa shape index (κ2) is 7.42. The molecular weight excluding hydrogens is 340 g/mol. The number of thiophene rings is 1. The Balaban J connectivity index is 1.74. The average molecular weight is 355 g/mol. The second-order valence-electron chi connectivity index (χ2n) is 4.11. The van der Waals surface area contributed by atoms with Crippen molar-refractivity contribution in [3.05, 3.63) is 45.1 Å². The van der Waals surface area contributed by atoms with Crippen molar-refractivity contribution >= 4 is 38.9 Å². The number of carbonyl (C=O) groups excluding carboxylic acids is 1. The number of hydrogen-bond donors (Lipinski definition) is 2. The van der Waals surface area contributed by atoms with Gasteiger partial charge in [0.05, 0.1) is 13.7 Å². The molecule has 0 aliphatic heterocycles. The first kappa shape index (κ1) is 15.0.